The third-order valence-electron chi connectivity index (χ3n) is 2.20. The number of halogens is 3. The predicted molar refractivity (Wildman–Crippen MR) is 53.9 cm³/mol. The van der Waals surface area contributed by atoms with Gasteiger partial charge in [0, 0.05) is 6.26 Å². The molecule has 0 bridgehead atoms. The SMILES string of the molecule is CS(=O)(=O)c1ncn2c1N=NN(CC(F)(F)F)C2O. The number of alkyl halides is 3. The second-order valence-electron chi connectivity index (χ2n) is 3.80. The van der Waals surface area contributed by atoms with E-state index in [-0.39, 0.29) is 10.8 Å². The van der Waals surface area contributed by atoms with E-state index < -0.39 is 33.9 Å². The van der Waals surface area contributed by atoms with Crippen LogP contribution in [0.2, 0.25) is 0 Å². The van der Waals surface area contributed by atoms with Crippen LogP contribution in [0.1, 0.15) is 6.35 Å². The quantitative estimate of drug-likeness (QED) is 0.862. The first-order valence-electron chi connectivity index (χ1n) is 4.79. The first-order chi connectivity index (χ1) is 8.59. The van der Waals surface area contributed by atoms with Crippen molar-refractivity contribution in [1.29, 1.82) is 0 Å². The lowest BCUT2D eigenvalue weighted by molar-refractivity contribution is -0.182. The first-order valence-corrected chi connectivity index (χ1v) is 6.69. The van der Waals surface area contributed by atoms with Crippen LogP contribution >= 0.6 is 0 Å². The fourth-order valence-electron chi connectivity index (χ4n) is 1.45. The van der Waals surface area contributed by atoms with Crippen molar-refractivity contribution < 1.29 is 26.7 Å². The number of aliphatic hydroxyl groups is 1. The largest absolute Gasteiger partial charge is 0.407 e. The Morgan fingerprint density at radius 1 is 1.47 bits per heavy atom. The molecule has 0 saturated heterocycles. The zero-order valence-corrected chi connectivity index (χ0v) is 10.2. The minimum Gasteiger partial charge on any atom is -0.355 e. The smallest absolute Gasteiger partial charge is 0.355 e. The lowest BCUT2D eigenvalue weighted by Gasteiger charge is -2.28. The maximum Gasteiger partial charge on any atom is 0.407 e. The number of hydrogen-bond donors (Lipinski definition) is 1. The molecule has 0 fully saturated rings. The molecule has 8 nitrogen and oxygen atoms in total. The maximum atomic E-state index is 12.2. The number of imidazole rings is 1. The molecule has 0 spiro atoms. The predicted octanol–water partition coefficient (Wildman–Crippen LogP) is 0.612. The zero-order valence-electron chi connectivity index (χ0n) is 9.40. The van der Waals surface area contributed by atoms with Gasteiger partial charge in [-0.3, -0.25) is 4.57 Å². The van der Waals surface area contributed by atoms with Crippen molar-refractivity contribution in [1.82, 2.24) is 14.6 Å². The minimum atomic E-state index is -4.59. The van der Waals surface area contributed by atoms with Crippen molar-refractivity contribution in [2.75, 3.05) is 12.8 Å². The van der Waals surface area contributed by atoms with Gasteiger partial charge < -0.3 is 5.11 Å². The molecule has 1 aromatic rings. The van der Waals surface area contributed by atoms with E-state index in [0.29, 0.717) is 0 Å². The Labute approximate surface area is 105 Å². The topological polar surface area (TPSA) is 100 Å². The number of sulfone groups is 1. The van der Waals surface area contributed by atoms with Gasteiger partial charge in [-0.25, -0.2) is 18.4 Å². The van der Waals surface area contributed by atoms with Crippen LogP contribution < -0.4 is 0 Å². The van der Waals surface area contributed by atoms with Crippen LogP contribution in [0.4, 0.5) is 19.0 Å². The molecule has 1 aliphatic rings. The Hall–Kier alpha value is -1.69. The molecule has 19 heavy (non-hydrogen) atoms. The van der Waals surface area contributed by atoms with E-state index in [4.69, 9.17) is 0 Å². The summed E-state index contributed by atoms with van der Waals surface area (Å²) < 4.78 is 60.1. The fraction of sp³-hybridized carbons (Fsp3) is 0.571. The second-order valence-corrected chi connectivity index (χ2v) is 5.73. The molecule has 1 aromatic heterocycles. The number of aromatic nitrogens is 2. The lowest BCUT2D eigenvalue weighted by atomic mass is 10.5. The van der Waals surface area contributed by atoms with Crippen molar-refractivity contribution in [3.8, 4) is 0 Å². The van der Waals surface area contributed by atoms with Gasteiger partial charge in [0.15, 0.2) is 15.7 Å². The Morgan fingerprint density at radius 3 is 2.63 bits per heavy atom. The van der Waals surface area contributed by atoms with Gasteiger partial charge in [-0.15, -0.1) is 5.11 Å². The zero-order chi connectivity index (χ0) is 14.4. The van der Waals surface area contributed by atoms with Gasteiger partial charge in [-0.05, 0) is 0 Å². The summed E-state index contributed by atoms with van der Waals surface area (Å²) in [6.45, 7) is -1.52. The van der Waals surface area contributed by atoms with E-state index in [0.717, 1.165) is 17.2 Å². The van der Waals surface area contributed by atoms with E-state index in [1.165, 1.54) is 0 Å². The Balaban J connectivity index is 2.37. The third kappa shape index (κ3) is 2.68. The summed E-state index contributed by atoms with van der Waals surface area (Å²) >= 11 is 0. The van der Waals surface area contributed by atoms with Crippen molar-refractivity contribution in [3.05, 3.63) is 6.33 Å². The molecule has 1 unspecified atom stereocenters. The summed E-state index contributed by atoms with van der Waals surface area (Å²) in [5.74, 6) is -0.312. The lowest BCUT2D eigenvalue weighted by Crippen LogP contribution is -2.37. The number of aliphatic hydroxyl groups excluding tert-OH is 1. The first kappa shape index (κ1) is 13.7. The van der Waals surface area contributed by atoms with Crippen molar-refractivity contribution >= 4 is 15.7 Å². The molecule has 1 atom stereocenters. The molecule has 0 saturated carbocycles. The monoisotopic (exact) mass is 299 g/mol. The van der Waals surface area contributed by atoms with Crippen molar-refractivity contribution in [3.63, 3.8) is 0 Å². The van der Waals surface area contributed by atoms with Crippen LogP contribution in [-0.2, 0) is 9.84 Å². The highest BCUT2D eigenvalue weighted by atomic mass is 32.2. The molecule has 0 radical (unpaired) electrons. The van der Waals surface area contributed by atoms with Crippen LogP contribution in [0.3, 0.4) is 0 Å². The summed E-state index contributed by atoms with van der Waals surface area (Å²) in [6.07, 6.45) is -4.66. The van der Waals surface area contributed by atoms with E-state index in [2.05, 4.69) is 15.3 Å². The molecule has 2 rings (SSSR count). The Morgan fingerprint density at radius 2 is 2.11 bits per heavy atom. The van der Waals surface area contributed by atoms with E-state index in [1.807, 2.05) is 0 Å². The van der Waals surface area contributed by atoms with Crippen molar-refractivity contribution in [2.45, 2.75) is 17.6 Å². The molecular formula is C7H8F3N5O3S. The number of nitrogens with zero attached hydrogens (tertiary/aromatic N) is 5. The normalized spacial score (nSPS) is 19.6. The molecule has 106 valence electrons. The van der Waals surface area contributed by atoms with Crippen LogP contribution in [-0.4, -0.2) is 47.1 Å². The number of fused-ring (bicyclic) bond motifs is 1. The highest BCUT2D eigenvalue weighted by molar-refractivity contribution is 7.90. The number of rotatable bonds is 2. The summed E-state index contributed by atoms with van der Waals surface area (Å²) in [4.78, 5) is 3.50. The Bertz CT molecular complexity index is 622. The van der Waals surface area contributed by atoms with Gasteiger partial charge in [-0.1, -0.05) is 5.22 Å². The molecule has 0 aliphatic carbocycles. The van der Waals surface area contributed by atoms with Crippen LogP contribution in [0.5, 0.6) is 0 Å². The molecule has 12 heteroatoms. The van der Waals surface area contributed by atoms with Gasteiger partial charge in [0.05, 0.1) is 0 Å². The Kier molecular flexibility index (Phi) is 3.01. The van der Waals surface area contributed by atoms with Gasteiger partial charge in [0.2, 0.25) is 11.4 Å². The van der Waals surface area contributed by atoms with Crippen LogP contribution in [0.25, 0.3) is 0 Å². The summed E-state index contributed by atoms with van der Waals surface area (Å²) in [5, 5.41) is 16.0. The molecular weight excluding hydrogens is 291 g/mol. The highest BCUT2D eigenvalue weighted by Crippen LogP contribution is 2.33. The summed E-state index contributed by atoms with van der Waals surface area (Å²) in [5.41, 5.74) is 0. The molecule has 0 aromatic carbocycles. The van der Waals surface area contributed by atoms with Crippen LogP contribution in [0.15, 0.2) is 21.7 Å². The standard InChI is InChI=1S/C7H8F3N5O3S/c1-19(17,18)5-4-12-13-15(2-7(8,9)10)6(16)14(4)3-11-5/h3,6,16H,2H2,1H3. The third-order valence-corrected chi connectivity index (χ3v) is 3.19. The second kappa shape index (κ2) is 4.16. The summed E-state index contributed by atoms with van der Waals surface area (Å²) in [7, 11) is -3.71. The van der Waals surface area contributed by atoms with Gasteiger partial charge in [0.25, 0.3) is 0 Å². The molecule has 0 amide bonds. The summed E-state index contributed by atoms with van der Waals surface area (Å²) in [6, 6.07) is 0. The van der Waals surface area contributed by atoms with Gasteiger partial charge >= 0.3 is 6.18 Å². The van der Waals surface area contributed by atoms with Gasteiger partial charge in [0.1, 0.15) is 12.9 Å². The molecule has 2 heterocycles. The van der Waals surface area contributed by atoms with Crippen LogP contribution in [0, 0.1) is 0 Å². The average Bonchev–Trinajstić information content (AvgIpc) is 2.64. The average molecular weight is 299 g/mol. The highest BCUT2D eigenvalue weighted by Gasteiger charge is 2.37. The van der Waals surface area contributed by atoms with E-state index in [9.17, 15) is 26.7 Å². The fourth-order valence-corrected chi connectivity index (χ4v) is 2.17. The molecule has 1 aliphatic heterocycles. The van der Waals surface area contributed by atoms with Gasteiger partial charge in [-0.2, -0.15) is 13.2 Å². The van der Waals surface area contributed by atoms with E-state index >= 15 is 0 Å². The van der Waals surface area contributed by atoms with E-state index in [1.54, 1.807) is 0 Å². The molecule has 1 N–H and O–H groups in total. The number of hydrogen-bond acceptors (Lipinski definition) is 7. The van der Waals surface area contributed by atoms with Crippen molar-refractivity contribution in [2.24, 2.45) is 10.3 Å². The maximum absolute atomic E-state index is 12.2. The minimum absolute atomic E-state index is 0.265.